The minimum absolute atomic E-state index is 0.247. The van der Waals surface area contributed by atoms with Crippen molar-refractivity contribution in [1.82, 2.24) is 15.5 Å². The summed E-state index contributed by atoms with van der Waals surface area (Å²) in [5.41, 5.74) is 2.01. The first-order chi connectivity index (χ1) is 15.0. The summed E-state index contributed by atoms with van der Waals surface area (Å²) in [4.78, 5) is 30.4. The highest BCUT2D eigenvalue weighted by molar-refractivity contribution is 7.10. The lowest BCUT2D eigenvalue weighted by atomic mass is 10.0. The normalized spacial score (nSPS) is 19.7. The number of ether oxygens (including phenoxy) is 1. The maximum Gasteiger partial charge on any atom is 0.338 e. The summed E-state index contributed by atoms with van der Waals surface area (Å²) in [6.07, 6.45) is 0. The highest BCUT2D eigenvalue weighted by Gasteiger charge is 2.35. The maximum atomic E-state index is 13.2. The lowest BCUT2D eigenvalue weighted by Gasteiger charge is -2.37. The zero-order chi connectivity index (χ0) is 21.8. The second-order valence-electron chi connectivity index (χ2n) is 7.40. The average Bonchev–Trinajstić information content (AvgIpc) is 3.29. The van der Waals surface area contributed by atoms with E-state index in [0.29, 0.717) is 17.8 Å². The number of esters is 1. The molecule has 164 valence electrons. The zero-order valence-electron chi connectivity index (χ0n) is 17.3. The Kier molecular flexibility index (Phi) is 6.53. The van der Waals surface area contributed by atoms with Crippen molar-refractivity contribution in [3.63, 3.8) is 0 Å². The van der Waals surface area contributed by atoms with Gasteiger partial charge in [-0.05, 0) is 42.6 Å². The predicted molar refractivity (Wildman–Crippen MR) is 117 cm³/mol. The fourth-order valence-electron chi connectivity index (χ4n) is 3.90. The molecular formula is C22H25FN4O3S. The largest absolute Gasteiger partial charge is 0.463 e. The van der Waals surface area contributed by atoms with Crippen LogP contribution in [-0.4, -0.2) is 56.2 Å². The third-order valence-corrected chi connectivity index (χ3v) is 6.36. The van der Waals surface area contributed by atoms with Gasteiger partial charge in [-0.2, -0.15) is 0 Å². The molecule has 2 amide bonds. The number of anilines is 1. The van der Waals surface area contributed by atoms with Crippen LogP contribution in [0.1, 0.15) is 17.8 Å². The number of halogens is 1. The second-order valence-corrected chi connectivity index (χ2v) is 8.38. The Balaban J connectivity index is 1.51. The van der Waals surface area contributed by atoms with Gasteiger partial charge in [-0.3, -0.25) is 4.90 Å². The minimum atomic E-state index is -0.525. The van der Waals surface area contributed by atoms with Gasteiger partial charge in [-0.25, -0.2) is 14.0 Å². The van der Waals surface area contributed by atoms with Gasteiger partial charge in [-0.1, -0.05) is 6.07 Å². The van der Waals surface area contributed by atoms with Gasteiger partial charge in [0.2, 0.25) is 0 Å². The Bertz CT molecular complexity index is 954. The molecule has 7 nitrogen and oxygen atoms in total. The maximum absolute atomic E-state index is 13.2. The first kappa shape index (κ1) is 21.3. The third kappa shape index (κ3) is 4.88. The average molecular weight is 445 g/mol. The van der Waals surface area contributed by atoms with E-state index in [2.05, 4.69) is 20.4 Å². The van der Waals surface area contributed by atoms with E-state index in [0.717, 1.165) is 36.7 Å². The van der Waals surface area contributed by atoms with Crippen molar-refractivity contribution < 1.29 is 18.7 Å². The fourth-order valence-corrected chi connectivity index (χ4v) is 4.69. The Morgan fingerprint density at radius 3 is 2.58 bits per heavy atom. The molecule has 31 heavy (non-hydrogen) atoms. The van der Waals surface area contributed by atoms with Crippen LogP contribution in [0.2, 0.25) is 0 Å². The van der Waals surface area contributed by atoms with Crippen LogP contribution in [0.15, 0.2) is 53.0 Å². The standard InChI is InChI=1S/C22H25FN4O3S/c1-2-30-21(28)19-17(24-22(29)25-20(19)18-4-3-13-31-18)14-26-9-11-27(12-10-26)16-7-5-15(23)6-8-16/h3-8,13,20H,2,9-12,14H2,1H3,(H2,24,25,29)/t20-/m1/s1. The molecule has 0 aliphatic carbocycles. The number of rotatable bonds is 6. The van der Waals surface area contributed by atoms with Crippen LogP contribution in [0, 0.1) is 5.82 Å². The summed E-state index contributed by atoms with van der Waals surface area (Å²) >= 11 is 1.49. The summed E-state index contributed by atoms with van der Waals surface area (Å²) in [5.74, 6) is -0.670. The van der Waals surface area contributed by atoms with E-state index in [4.69, 9.17) is 4.74 Å². The molecule has 2 aliphatic heterocycles. The monoisotopic (exact) mass is 444 g/mol. The molecule has 2 N–H and O–H groups in total. The van der Waals surface area contributed by atoms with E-state index in [1.807, 2.05) is 17.5 Å². The molecule has 9 heteroatoms. The molecule has 0 bridgehead atoms. The van der Waals surface area contributed by atoms with Crippen molar-refractivity contribution in [3.05, 3.63) is 63.7 Å². The molecule has 1 aromatic carbocycles. The van der Waals surface area contributed by atoms with Gasteiger partial charge in [0.05, 0.1) is 18.2 Å². The molecule has 0 unspecified atom stereocenters. The van der Waals surface area contributed by atoms with Gasteiger partial charge in [0.15, 0.2) is 0 Å². The van der Waals surface area contributed by atoms with Gasteiger partial charge >= 0.3 is 12.0 Å². The number of nitrogens with zero attached hydrogens (tertiary/aromatic N) is 2. The van der Waals surface area contributed by atoms with Crippen molar-refractivity contribution in [2.75, 3.05) is 44.2 Å². The Labute approximate surface area is 184 Å². The van der Waals surface area contributed by atoms with Crippen LogP contribution in [0.3, 0.4) is 0 Å². The number of thiophene rings is 1. The molecular weight excluding hydrogens is 419 g/mol. The van der Waals surface area contributed by atoms with Crippen molar-refractivity contribution in [2.45, 2.75) is 13.0 Å². The third-order valence-electron chi connectivity index (χ3n) is 5.42. The van der Waals surface area contributed by atoms with E-state index < -0.39 is 12.0 Å². The van der Waals surface area contributed by atoms with Crippen LogP contribution >= 0.6 is 11.3 Å². The predicted octanol–water partition coefficient (Wildman–Crippen LogP) is 2.88. The SMILES string of the molecule is CCOC(=O)C1=C(CN2CCN(c3ccc(F)cc3)CC2)NC(=O)N[C@@H]1c1cccs1. The lowest BCUT2D eigenvalue weighted by Crippen LogP contribution is -2.51. The van der Waals surface area contributed by atoms with Gasteiger partial charge in [0.25, 0.3) is 0 Å². The highest BCUT2D eigenvalue weighted by Crippen LogP contribution is 2.31. The molecule has 2 aliphatic rings. The van der Waals surface area contributed by atoms with E-state index in [9.17, 15) is 14.0 Å². The number of urea groups is 1. The number of hydrogen-bond acceptors (Lipinski definition) is 6. The molecule has 0 spiro atoms. The molecule has 1 aromatic heterocycles. The Morgan fingerprint density at radius 1 is 1.19 bits per heavy atom. The lowest BCUT2D eigenvalue weighted by molar-refractivity contribution is -0.139. The topological polar surface area (TPSA) is 73.9 Å². The molecule has 1 saturated heterocycles. The Morgan fingerprint density at radius 2 is 1.94 bits per heavy atom. The molecule has 4 rings (SSSR count). The number of piperazine rings is 1. The fraction of sp³-hybridized carbons (Fsp3) is 0.364. The van der Waals surface area contributed by atoms with Crippen molar-refractivity contribution in [2.24, 2.45) is 0 Å². The molecule has 0 radical (unpaired) electrons. The smallest absolute Gasteiger partial charge is 0.338 e. The van der Waals surface area contributed by atoms with E-state index in [-0.39, 0.29) is 18.5 Å². The number of hydrogen-bond donors (Lipinski definition) is 2. The summed E-state index contributed by atoms with van der Waals surface area (Å²) in [6.45, 7) is 5.52. The minimum Gasteiger partial charge on any atom is -0.463 e. The van der Waals surface area contributed by atoms with Gasteiger partial charge in [0, 0.05) is 49.0 Å². The summed E-state index contributed by atoms with van der Waals surface area (Å²) in [7, 11) is 0. The van der Waals surface area contributed by atoms with Crippen LogP contribution in [0.4, 0.5) is 14.9 Å². The summed E-state index contributed by atoms with van der Waals surface area (Å²) < 4.78 is 18.5. The van der Waals surface area contributed by atoms with Crippen LogP contribution < -0.4 is 15.5 Å². The number of carbonyl (C=O) groups excluding carboxylic acids is 2. The van der Waals surface area contributed by atoms with Crippen LogP contribution in [-0.2, 0) is 9.53 Å². The van der Waals surface area contributed by atoms with E-state index >= 15 is 0 Å². The number of amides is 2. The van der Waals surface area contributed by atoms with Crippen molar-refractivity contribution in [3.8, 4) is 0 Å². The molecule has 3 heterocycles. The van der Waals surface area contributed by atoms with Crippen LogP contribution in [0.25, 0.3) is 0 Å². The number of benzene rings is 1. The Hall–Kier alpha value is -2.91. The summed E-state index contributed by atoms with van der Waals surface area (Å²) in [6, 6.07) is 9.44. The van der Waals surface area contributed by atoms with E-state index in [1.165, 1.54) is 23.5 Å². The van der Waals surface area contributed by atoms with Crippen molar-refractivity contribution >= 4 is 29.0 Å². The van der Waals surface area contributed by atoms with Gasteiger partial charge in [-0.15, -0.1) is 11.3 Å². The molecule has 1 atom stereocenters. The number of nitrogens with one attached hydrogen (secondary N) is 2. The quantitative estimate of drug-likeness (QED) is 0.671. The van der Waals surface area contributed by atoms with Gasteiger partial charge in [0.1, 0.15) is 5.82 Å². The van der Waals surface area contributed by atoms with Crippen LogP contribution in [0.5, 0.6) is 0 Å². The number of carbonyl (C=O) groups is 2. The molecule has 1 fully saturated rings. The molecule has 2 aromatic rings. The second kappa shape index (κ2) is 9.49. The summed E-state index contributed by atoms with van der Waals surface area (Å²) in [5, 5.41) is 7.60. The van der Waals surface area contributed by atoms with Gasteiger partial charge < -0.3 is 20.3 Å². The highest BCUT2D eigenvalue weighted by atomic mass is 32.1. The van der Waals surface area contributed by atoms with E-state index in [1.54, 1.807) is 19.1 Å². The van der Waals surface area contributed by atoms with Crippen molar-refractivity contribution in [1.29, 1.82) is 0 Å². The zero-order valence-corrected chi connectivity index (χ0v) is 18.1. The molecule has 0 saturated carbocycles. The first-order valence-corrected chi connectivity index (χ1v) is 11.2. The first-order valence-electron chi connectivity index (χ1n) is 10.3.